The van der Waals surface area contributed by atoms with Gasteiger partial charge in [0, 0.05) is 25.1 Å². The molecule has 7 heteroatoms. The zero-order valence-corrected chi connectivity index (χ0v) is 14.1. The van der Waals surface area contributed by atoms with Crippen LogP contribution in [0.15, 0.2) is 52.3 Å². The average molecular weight is 345 g/mol. The van der Waals surface area contributed by atoms with Crippen LogP contribution < -0.4 is 5.32 Å². The van der Waals surface area contributed by atoms with Crippen molar-refractivity contribution >= 4 is 23.4 Å². The van der Waals surface area contributed by atoms with Crippen molar-refractivity contribution in [3.8, 4) is 0 Å². The first-order valence-corrected chi connectivity index (χ1v) is 8.28. The van der Waals surface area contributed by atoms with Crippen molar-refractivity contribution in [1.82, 2.24) is 9.55 Å². The number of anilines is 1. The first kappa shape index (κ1) is 16.3. The Kier molecular flexibility index (Phi) is 4.71. The molecule has 2 heterocycles. The van der Waals surface area contributed by atoms with Crippen LogP contribution in [0.5, 0.6) is 0 Å². The summed E-state index contributed by atoms with van der Waals surface area (Å²) in [4.78, 5) is 16.4. The SMILES string of the molecule is Cc1ccc(NC(=O)c2ccc(CSc3nccn3C)o2)cc1F. The van der Waals surface area contributed by atoms with Gasteiger partial charge in [-0.1, -0.05) is 17.8 Å². The quantitative estimate of drug-likeness (QED) is 0.710. The number of aromatic nitrogens is 2. The lowest BCUT2D eigenvalue weighted by Gasteiger charge is -2.04. The molecule has 5 nitrogen and oxygen atoms in total. The number of thioether (sulfide) groups is 1. The molecule has 124 valence electrons. The van der Waals surface area contributed by atoms with Crippen LogP contribution in [0.25, 0.3) is 0 Å². The topological polar surface area (TPSA) is 60.1 Å². The largest absolute Gasteiger partial charge is 0.455 e. The number of nitrogens with zero attached hydrogens (tertiary/aromatic N) is 2. The molecule has 3 aromatic rings. The molecule has 0 spiro atoms. The minimum Gasteiger partial charge on any atom is -0.455 e. The molecular weight excluding hydrogens is 329 g/mol. The van der Waals surface area contributed by atoms with Crippen LogP contribution in [-0.4, -0.2) is 15.5 Å². The molecule has 1 amide bonds. The lowest BCUT2D eigenvalue weighted by molar-refractivity contribution is 0.0995. The van der Waals surface area contributed by atoms with E-state index in [9.17, 15) is 9.18 Å². The highest BCUT2D eigenvalue weighted by molar-refractivity contribution is 7.98. The first-order valence-electron chi connectivity index (χ1n) is 7.29. The number of benzene rings is 1. The van der Waals surface area contributed by atoms with Crippen molar-refractivity contribution in [3.63, 3.8) is 0 Å². The van der Waals surface area contributed by atoms with Crippen molar-refractivity contribution < 1.29 is 13.6 Å². The van der Waals surface area contributed by atoms with Crippen molar-refractivity contribution in [2.75, 3.05) is 5.32 Å². The van der Waals surface area contributed by atoms with Gasteiger partial charge in [0.05, 0.1) is 5.75 Å². The van der Waals surface area contributed by atoms with Gasteiger partial charge in [0.15, 0.2) is 10.9 Å². The zero-order valence-electron chi connectivity index (χ0n) is 13.2. The molecule has 0 aliphatic rings. The summed E-state index contributed by atoms with van der Waals surface area (Å²) in [6.45, 7) is 1.67. The smallest absolute Gasteiger partial charge is 0.291 e. The summed E-state index contributed by atoms with van der Waals surface area (Å²) in [5.41, 5.74) is 0.919. The van der Waals surface area contributed by atoms with Crippen molar-refractivity contribution in [3.05, 3.63) is 65.6 Å². The molecule has 3 rings (SSSR count). The number of halogens is 1. The maximum absolute atomic E-state index is 13.5. The number of aryl methyl sites for hydroxylation is 2. The minimum atomic E-state index is -0.411. The molecule has 0 unspecified atom stereocenters. The van der Waals surface area contributed by atoms with E-state index in [2.05, 4.69) is 10.3 Å². The van der Waals surface area contributed by atoms with Gasteiger partial charge in [-0.2, -0.15) is 0 Å². The Morgan fingerprint density at radius 1 is 1.38 bits per heavy atom. The van der Waals surface area contributed by atoms with Crippen molar-refractivity contribution in [2.45, 2.75) is 17.8 Å². The molecule has 0 atom stereocenters. The first-order chi connectivity index (χ1) is 11.5. The number of carbonyl (C=O) groups excluding carboxylic acids is 1. The Balaban J connectivity index is 1.63. The summed E-state index contributed by atoms with van der Waals surface area (Å²) < 4.78 is 21.0. The lowest BCUT2D eigenvalue weighted by atomic mass is 10.2. The Morgan fingerprint density at radius 2 is 2.21 bits per heavy atom. The molecule has 0 saturated carbocycles. The molecule has 2 aromatic heterocycles. The van der Waals surface area contributed by atoms with Gasteiger partial charge in [0.25, 0.3) is 5.91 Å². The number of carbonyl (C=O) groups is 1. The van der Waals surface area contributed by atoms with E-state index in [1.807, 2.05) is 17.8 Å². The van der Waals surface area contributed by atoms with Crippen LogP contribution >= 0.6 is 11.8 Å². The van der Waals surface area contributed by atoms with E-state index in [-0.39, 0.29) is 11.6 Å². The number of hydrogen-bond donors (Lipinski definition) is 1. The third-order valence-corrected chi connectivity index (χ3v) is 4.52. The summed E-state index contributed by atoms with van der Waals surface area (Å²) >= 11 is 1.52. The zero-order chi connectivity index (χ0) is 17.1. The summed E-state index contributed by atoms with van der Waals surface area (Å²) in [6, 6.07) is 7.90. The van der Waals surface area contributed by atoms with Gasteiger partial charge in [-0.25, -0.2) is 9.37 Å². The van der Waals surface area contributed by atoms with Gasteiger partial charge < -0.3 is 14.3 Å². The van der Waals surface area contributed by atoms with E-state index in [0.717, 1.165) is 5.16 Å². The standard InChI is InChI=1S/C17H16FN3O2S/c1-11-3-4-12(9-14(11)18)20-16(22)15-6-5-13(23-15)10-24-17-19-7-8-21(17)2/h3-9H,10H2,1-2H3,(H,20,22). The van der Waals surface area contributed by atoms with Crippen LogP contribution in [0.3, 0.4) is 0 Å². The second-order valence-electron chi connectivity index (χ2n) is 5.29. The van der Waals surface area contributed by atoms with E-state index in [0.29, 0.717) is 22.8 Å². The highest BCUT2D eigenvalue weighted by atomic mass is 32.2. The summed E-state index contributed by atoms with van der Waals surface area (Å²) in [5.74, 6) is 0.651. The Morgan fingerprint density at radius 3 is 2.92 bits per heavy atom. The van der Waals surface area contributed by atoms with Crippen LogP contribution in [0.1, 0.15) is 21.9 Å². The molecule has 0 aliphatic carbocycles. The Bertz CT molecular complexity index is 872. The maximum atomic E-state index is 13.5. The van der Waals surface area contributed by atoms with Crippen LogP contribution in [0.4, 0.5) is 10.1 Å². The van der Waals surface area contributed by atoms with Gasteiger partial charge in [-0.05, 0) is 36.8 Å². The van der Waals surface area contributed by atoms with Gasteiger partial charge in [-0.3, -0.25) is 4.79 Å². The second-order valence-corrected chi connectivity index (χ2v) is 6.24. The fourth-order valence-electron chi connectivity index (χ4n) is 2.07. The average Bonchev–Trinajstić information content (AvgIpc) is 3.18. The third kappa shape index (κ3) is 3.68. The highest BCUT2D eigenvalue weighted by Crippen LogP contribution is 2.22. The summed E-state index contributed by atoms with van der Waals surface area (Å²) in [6.07, 6.45) is 3.59. The van der Waals surface area contributed by atoms with E-state index >= 15 is 0 Å². The predicted octanol–water partition coefficient (Wildman–Crippen LogP) is 4.01. The van der Waals surface area contributed by atoms with Crippen molar-refractivity contribution in [2.24, 2.45) is 7.05 Å². The lowest BCUT2D eigenvalue weighted by Crippen LogP contribution is -2.11. The monoisotopic (exact) mass is 345 g/mol. The van der Waals surface area contributed by atoms with E-state index in [1.165, 1.54) is 17.8 Å². The van der Waals surface area contributed by atoms with Gasteiger partial charge in [-0.15, -0.1) is 0 Å². The Hall–Kier alpha value is -2.54. The maximum Gasteiger partial charge on any atom is 0.291 e. The van der Waals surface area contributed by atoms with Crippen LogP contribution in [0.2, 0.25) is 0 Å². The van der Waals surface area contributed by atoms with Gasteiger partial charge >= 0.3 is 0 Å². The van der Waals surface area contributed by atoms with E-state index in [4.69, 9.17) is 4.42 Å². The van der Waals surface area contributed by atoms with Crippen LogP contribution in [0, 0.1) is 12.7 Å². The number of amides is 1. The molecule has 0 radical (unpaired) electrons. The number of imidazole rings is 1. The Labute approximate surface area is 142 Å². The molecule has 0 saturated heterocycles. The number of rotatable bonds is 5. The fourth-order valence-corrected chi connectivity index (χ4v) is 2.89. The predicted molar refractivity (Wildman–Crippen MR) is 90.6 cm³/mol. The van der Waals surface area contributed by atoms with Crippen LogP contribution in [-0.2, 0) is 12.8 Å². The minimum absolute atomic E-state index is 0.187. The summed E-state index contributed by atoms with van der Waals surface area (Å²) in [7, 11) is 1.91. The fraction of sp³-hybridized carbons (Fsp3) is 0.176. The second kappa shape index (κ2) is 6.92. The highest BCUT2D eigenvalue weighted by Gasteiger charge is 2.13. The number of nitrogens with one attached hydrogen (secondary N) is 1. The molecule has 0 aliphatic heterocycles. The molecule has 24 heavy (non-hydrogen) atoms. The number of furan rings is 1. The number of hydrogen-bond acceptors (Lipinski definition) is 4. The molecular formula is C17H16FN3O2S. The van der Waals surface area contributed by atoms with E-state index < -0.39 is 5.91 Å². The summed E-state index contributed by atoms with van der Waals surface area (Å²) in [5, 5.41) is 3.49. The van der Waals surface area contributed by atoms with E-state index in [1.54, 1.807) is 37.4 Å². The van der Waals surface area contributed by atoms with Gasteiger partial charge in [0.1, 0.15) is 11.6 Å². The van der Waals surface area contributed by atoms with Crippen molar-refractivity contribution in [1.29, 1.82) is 0 Å². The molecule has 1 N–H and O–H groups in total. The van der Waals surface area contributed by atoms with Gasteiger partial charge in [0.2, 0.25) is 0 Å². The third-order valence-electron chi connectivity index (χ3n) is 3.44. The molecule has 0 bridgehead atoms. The molecule has 0 fully saturated rings. The normalized spacial score (nSPS) is 10.8. The molecule has 1 aromatic carbocycles.